The molecule has 0 amide bonds. The first-order valence-electron chi connectivity index (χ1n) is 7.27. The highest BCUT2D eigenvalue weighted by Crippen LogP contribution is 2.27. The van der Waals surface area contributed by atoms with E-state index < -0.39 is 10.0 Å². The molecule has 1 aromatic carbocycles. The van der Waals surface area contributed by atoms with E-state index in [1.165, 1.54) is 0 Å². The monoisotopic (exact) mass is 326 g/mol. The van der Waals surface area contributed by atoms with Crippen LogP contribution in [0.1, 0.15) is 37.3 Å². The molecule has 21 heavy (non-hydrogen) atoms. The van der Waals surface area contributed by atoms with Gasteiger partial charge in [0.25, 0.3) is 0 Å². The average molecular weight is 326 g/mol. The van der Waals surface area contributed by atoms with Crippen molar-refractivity contribution in [1.29, 1.82) is 0 Å². The molecular formula is C15H22N2O2S2. The van der Waals surface area contributed by atoms with Crippen LogP contribution in [0.15, 0.2) is 23.1 Å². The lowest BCUT2D eigenvalue weighted by molar-refractivity contribution is 0.444. The van der Waals surface area contributed by atoms with Crippen LogP contribution in [-0.2, 0) is 10.0 Å². The average Bonchev–Trinajstić information content (AvgIpc) is 2.88. The van der Waals surface area contributed by atoms with Crippen LogP contribution in [0, 0.1) is 12.8 Å². The molecule has 1 aliphatic heterocycles. The van der Waals surface area contributed by atoms with Crippen molar-refractivity contribution in [2.24, 2.45) is 11.7 Å². The Morgan fingerprint density at radius 1 is 1.48 bits per heavy atom. The van der Waals surface area contributed by atoms with Crippen molar-refractivity contribution in [3.8, 4) is 0 Å². The van der Waals surface area contributed by atoms with Gasteiger partial charge in [-0.05, 0) is 43.4 Å². The number of sulfonamides is 1. The predicted octanol–water partition coefficient (Wildman–Crippen LogP) is 2.44. The molecule has 1 unspecified atom stereocenters. The molecule has 0 saturated carbocycles. The van der Waals surface area contributed by atoms with Crippen LogP contribution in [0.25, 0.3) is 0 Å². The van der Waals surface area contributed by atoms with Crippen molar-refractivity contribution in [1.82, 2.24) is 4.31 Å². The molecule has 0 aliphatic carbocycles. The fourth-order valence-corrected chi connectivity index (χ4v) is 4.73. The Bertz CT molecular complexity index is 641. The highest BCUT2D eigenvalue weighted by atomic mass is 32.2. The maximum Gasteiger partial charge on any atom is 0.243 e. The van der Waals surface area contributed by atoms with E-state index >= 15 is 0 Å². The molecule has 0 radical (unpaired) electrons. The van der Waals surface area contributed by atoms with E-state index in [-0.39, 0.29) is 0 Å². The van der Waals surface area contributed by atoms with Crippen molar-refractivity contribution < 1.29 is 8.42 Å². The zero-order valence-electron chi connectivity index (χ0n) is 12.5. The van der Waals surface area contributed by atoms with Gasteiger partial charge in [-0.3, -0.25) is 0 Å². The van der Waals surface area contributed by atoms with Crippen LogP contribution in [0.4, 0.5) is 0 Å². The molecule has 116 valence electrons. The first-order valence-corrected chi connectivity index (χ1v) is 9.11. The highest BCUT2D eigenvalue weighted by Gasteiger charge is 2.32. The van der Waals surface area contributed by atoms with E-state index in [1.54, 1.807) is 22.5 Å². The largest absolute Gasteiger partial charge is 0.389 e. The lowest BCUT2D eigenvalue weighted by Crippen LogP contribution is -2.29. The molecule has 1 heterocycles. The number of hydrogen-bond acceptors (Lipinski definition) is 3. The number of nitrogens with zero attached hydrogens (tertiary/aromatic N) is 1. The topological polar surface area (TPSA) is 63.4 Å². The van der Waals surface area contributed by atoms with Gasteiger partial charge in [0.15, 0.2) is 0 Å². The Kier molecular flexibility index (Phi) is 5.01. The molecule has 0 bridgehead atoms. The Morgan fingerprint density at radius 2 is 2.19 bits per heavy atom. The SMILES string of the molecule is CCCC1CCN(S(=O)(=O)c2ccc(C(N)=S)c(C)c2)C1. The van der Waals surface area contributed by atoms with Crippen LogP contribution in [-0.4, -0.2) is 30.8 Å². The van der Waals surface area contributed by atoms with Gasteiger partial charge in [-0.1, -0.05) is 31.6 Å². The lowest BCUT2D eigenvalue weighted by atomic mass is 10.0. The van der Waals surface area contributed by atoms with Gasteiger partial charge < -0.3 is 5.73 Å². The van der Waals surface area contributed by atoms with E-state index in [2.05, 4.69) is 6.92 Å². The Labute approximate surface area is 132 Å². The quantitative estimate of drug-likeness (QED) is 0.844. The minimum Gasteiger partial charge on any atom is -0.389 e. The van der Waals surface area contributed by atoms with Crippen LogP contribution in [0.2, 0.25) is 0 Å². The molecule has 6 heteroatoms. The predicted molar refractivity (Wildman–Crippen MR) is 88.8 cm³/mol. The van der Waals surface area contributed by atoms with E-state index in [0.29, 0.717) is 28.9 Å². The fourth-order valence-electron chi connectivity index (χ4n) is 2.88. The zero-order chi connectivity index (χ0) is 15.6. The number of thiocarbonyl (C=S) groups is 1. The van der Waals surface area contributed by atoms with Crippen LogP contribution in [0.3, 0.4) is 0 Å². The second-order valence-electron chi connectivity index (χ2n) is 5.65. The van der Waals surface area contributed by atoms with Crippen LogP contribution in [0.5, 0.6) is 0 Å². The summed E-state index contributed by atoms with van der Waals surface area (Å²) in [6, 6.07) is 4.96. The summed E-state index contributed by atoms with van der Waals surface area (Å²) in [6.45, 7) is 5.21. The van der Waals surface area contributed by atoms with E-state index in [9.17, 15) is 8.42 Å². The molecule has 1 aliphatic rings. The molecule has 1 fully saturated rings. The Balaban J connectivity index is 2.24. The number of nitrogens with two attached hydrogens (primary N) is 1. The summed E-state index contributed by atoms with van der Waals surface area (Å²) in [5.41, 5.74) is 7.15. The van der Waals surface area contributed by atoms with E-state index in [1.807, 2.05) is 6.92 Å². The Morgan fingerprint density at radius 3 is 2.76 bits per heavy atom. The summed E-state index contributed by atoms with van der Waals surface area (Å²) in [7, 11) is -3.41. The number of rotatable bonds is 5. The van der Waals surface area contributed by atoms with Crippen molar-refractivity contribution >= 4 is 27.2 Å². The van der Waals surface area contributed by atoms with Gasteiger partial charge in [-0.25, -0.2) is 8.42 Å². The first-order chi connectivity index (χ1) is 9.86. The van der Waals surface area contributed by atoms with Crippen LogP contribution < -0.4 is 5.73 Å². The van der Waals surface area contributed by atoms with Crippen molar-refractivity contribution in [2.75, 3.05) is 13.1 Å². The molecule has 1 atom stereocenters. The number of aryl methyl sites for hydroxylation is 1. The Hall–Kier alpha value is -0.980. The summed E-state index contributed by atoms with van der Waals surface area (Å²) >= 11 is 4.96. The minimum absolute atomic E-state index is 0.292. The van der Waals surface area contributed by atoms with Crippen molar-refractivity contribution in [3.63, 3.8) is 0 Å². The maximum atomic E-state index is 12.7. The summed E-state index contributed by atoms with van der Waals surface area (Å²) in [4.78, 5) is 0.623. The number of benzene rings is 1. The van der Waals surface area contributed by atoms with Gasteiger partial charge in [-0.15, -0.1) is 0 Å². The molecule has 0 aromatic heterocycles. The molecule has 2 rings (SSSR count). The van der Waals surface area contributed by atoms with Crippen molar-refractivity contribution in [3.05, 3.63) is 29.3 Å². The van der Waals surface area contributed by atoms with Gasteiger partial charge in [-0.2, -0.15) is 4.31 Å². The molecule has 1 saturated heterocycles. The maximum absolute atomic E-state index is 12.7. The summed E-state index contributed by atoms with van der Waals surface area (Å²) in [6.07, 6.45) is 3.14. The third-order valence-corrected chi connectivity index (χ3v) is 6.13. The van der Waals surface area contributed by atoms with Gasteiger partial charge >= 0.3 is 0 Å². The first kappa shape index (κ1) is 16.4. The van der Waals surface area contributed by atoms with Gasteiger partial charge in [0.05, 0.1) is 4.90 Å². The molecule has 2 N–H and O–H groups in total. The molecule has 4 nitrogen and oxygen atoms in total. The standard InChI is InChI=1S/C15H22N2O2S2/c1-3-4-12-7-8-17(10-12)21(18,19)13-5-6-14(15(16)20)11(2)9-13/h5-6,9,12H,3-4,7-8,10H2,1-2H3,(H2,16,20). The minimum atomic E-state index is -3.41. The number of hydrogen-bond donors (Lipinski definition) is 1. The highest BCUT2D eigenvalue weighted by molar-refractivity contribution is 7.89. The van der Waals surface area contributed by atoms with E-state index in [4.69, 9.17) is 18.0 Å². The van der Waals surface area contributed by atoms with Crippen LogP contribution >= 0.6 is 12.2 Å². The summed E-state index contributed by atoms with van der Waals surface area (Å²) in [5, 5.41) is 0. The second kappa shape index (κ2) is 6.42. The fraction of sp³-hybridized carbons (Fsp3) is 0.533. The van der Waals surface area contributed by atoms with Gasteiger partial charge in [0.1, 0.15) is 4.99 Å². The third kappa shape index (κ3) is 3.44. The third-order valence-electron chi connectivity index (χ3n) is 4.05. The van der Waals surface area contributed by atoms with Crippen molar-refractivity contribution in [2.45, 2.75) is 38.0 Å². The lowest BCUT2D eigenvalue weighted by Gasteiger charge is -2.17. The zero-order valence-corrected chi connectivity index (χ0v) is 14.1. The summed E-state index contributed by atoms with van der Waals surface area (Å²) in [5.74, 6) is 0.488. The molecular weight excluding hydrogens is 304 g/mol. The smallest absolute Gasteiger partial charge is 0.243 e. The normalized spacial score (nSPS) is 19.8. The molecule has 1 aromatic rings. The van der Waals surface area contributed by atoms with Gasteiger partial charge in [0.2, 0.25) is 10.0 Å². The molecule has 0 spiro atoms. The van der Waals surface area contributed by atoms with Gasteiger partial charge in [0, 0.05) is 18.7 Å². The second-order valence-corrected chi connectivity index (χ2v) is 8.03. The summed E-state index contributed by atoms with van der Waals surface area (Å²) < 4.78 is 27.0. The van der Waals surface area contributed by atoms with E-state index in [0.717, 1.165) is 30.4 Å².